The van der Waals surface area contributed by atoms with Crippen molar-refractivity contribution in [1.82, 2.24) is 9.21 Å². The van der Waals surface area contributed by atoms with E-state index >= 15 is 0 Å². The number of para-hydroxylation sites is 1. The molecule has 0 aromatic heterocycles. The molecule has 0 spiro atoms. The van der Waals surface area contributed by atoms with Crippen molar-refractivity contribution in [3.05, 3.63) is 34.4 Å². The molecule has 1 heterocycles. The number of esters is 1. The average molecular weight is 538 g/mol. The van der Waals surface area contributed by atoms with E-state index in [0.717, 1.165) is 36.1 Å². The molecule has 1 amide bonds. The molecule has 1 saturated carbocycles. The predicted molar refractivity (Wildman–Crippen MR) is 138 cm³/mol. The van der Waals surface area contributed by atoms with E-state index in [1.54, 1.807) is 20.8 Å². The van der Waals surface area contributed by atoms with E-state index in [4.69, 9.17) is 4.74 Å². The van der Waals surface area contributed by atoms with E-state index in [2.05, 4.69) is 13.8 Å². The molecule has 0 bridgehead atoms. The lowest BCUT2D eigenvalue weighted by Crippen LogP contribution is -2.62. The van der Waals surface area contributed by atoms with Crippen LogP contribution in [-0.4, -0.2) is 65.2 Å². The summed E-state index contributed by atoms with van der Waals surface area (Å²) < 4.78 is 33.5. The van der Waals surface area contributed by atoms with Gasteiger partial charge in [-0.05, 0) is 77.2 Å². The van der Waals surface area contributed by atoms with Crippen LogP contribution in [0.4, 0.5) is 5.69 Å². The third-order valence-corrected chi connectivity index (χ3v) is 9.37. The molecule has 0 unspecified atom stereocenters. The number of piperazine rings is 1. The number of hydrogen-bond acceptors (Lipinski definition) is 7. The predicted octanol–water partition coefficient (Wildman–Crippen LogP) is 4.13. The van der Waals surface area contributed by atoms with Gasteiger partial charge in [0.25, 0.3) is 15.7 Å². The number of rotatable bonds is 7. The first-order valence-electron chi connectivity index (χ1n) is 12.8. The van der Waals surface area contributed by atoms with Crippen molar-refractivity contribution in [3.8, 4) is 0 Å². The summed E-state index contributed by atoms with van der Waals surface area (Å²) in [6, 6.07) is 3.14. The van der Waals surface area contributed by atoms with Gasteiger partial charge in [0.1, 0.15) is 17.7 Å². The smallest absolute Gasteiger partial charge is 0.329 e. The van der Waals surface area contributed by atoms with Gasteiger partial charge in [-0.3, -0.25) is 14.9 Å². The standard InChI is InChI=1S/C26H39N3O7S/c1-18-23(30)27(15-16-28(18)37(34,35)22-10-8-7-9-20(22)29(32)33)21(24(31)36-25(2,3)4)17-19-11-13-26(5,6)14-12-19/h7-10,18-19,21H,11-17H2,1-6H3/t18-,21-/m0/s1. The van der Waals surface area contributed by atoms with E-state index in [1.807, 2.05) is 0 Å². The maximum atomic E-state index is 13.6. The molecular formula is C26H39N3O7S. The van der Waals surface area contributed by atoms with Crippen LogP contribution in [-0.2, 0) is 24.3 Å². The summed E-state index contributed by atoms with van der Waals surface area (Å²) in [5.74, 6) is -0.754. The molecular weight excluding hydrogens is 498 g/mol. The summed E-state index contributed by atoms with van der Waals surface area (Å²) in [6.45, 7) is 11.1. The van der Waals surface area contributed by atoms with Crippen LogP contribution in [0.5, 0.6) is 0 Å². The number of sulfonamides is 1. The van der Waals surface area contributed by atoms with Crippen LogP contribution >= 0.6 is 0 Å². The largest absolute Gasteiger partial charge is 0.458 e. The molecule has 1 aliphatic carbocycles. The molecule has 1 aromatic carbocycles. The Morgan fingerprint density at radius 3 is 2.35 bits per heavy atom. The quantitative estimate of drug-likeness (QED) is 0.291. The van der Waals surface area contributed by atoms with Gasteiger partial charge in [0.2, 0.25) is 5.91 Å². The highest BCUT2D eigenvalue weighted by Crippen LogP contribution is 2.40. The van der Waals surface area contributed by atoms with E-state index in [9.17, 15) is 28.1 Å². The van der Waals surface area contributed by atoms with Gasteiger partial charge >= 0.3 is 5.97 Å². The highest BCUT2D eigenvalue weighted by atomic mass is 32.2. The van der Waals surface area contributed by atoms with Crippen molar-refractivity contribution in [2.75, 3.05) is 13.1 Å². The Balaban J connectivity index is 1.86. The van der Waals surface area contributed by atoms with Crippen LogP contribution in [0.2, 0.25) is 0 Å². The number of nitro benzene ring substituents is 1. The van der Waals surface area contributed by atoms with Gasteiger partial charge < -0.3 is 9.64 Å². The number of carbonyl (C=O) groups is 2. The summed E-state index contributed by atoms with van der Waals surface area (Å²) in [5, 5.41) is 11.5. The summed E-state index contributed by atoms with van der Waals surface area (Å²) in [4.78, 5) is 38.6. The Bertz CT molecular complexity index is 1130. The maximum Gasteiger partial charge on any atom is 0.329 e. The second kappa shape index (κ2) is 10.7. The highest BCUT2D eigenvalue weighted by molar-refractivity contribution is 7.89. The molecule has 11 heteroatoms. The molecule has 37 heavy (non-hydrogen) atoms. The molecule has 1 aliphatic heterocycles. The van der Waals surface area contributed by atoms with E-state index in [0.29, 0.717) is 6.42 Å². The monoisotopic (exact) mass is 537 g/mol. The van der Waals surface area contributed by atoms with Gasteiger partial charge in [-0.1, -0.05) is 26.0 Å². The van der Waals surface area contributed by atoms with E-state index in [-0.39, 0.29) is 24.4 Å². The zero-order chi connectivity index (χ0) is 27.8. The fourth-order valence-corrected chi connectivity index (χ4v) is 6.93. The highest BCUT2D eigenvalue weighted by Gasteiger charge is 2.46. The number of carbonyl (C=O) groups excluding carboxylic acids is 2. The summed E-state index contributed by atoms with van der Waals surface area (Å²) >= 11 is 0. The second-order valence-corrected chi connectivity index (χ2v) is 13.8. The minimum Gasteiger partial charge on any atom is -0.458 e. The van der Waals surface area contributed by atoms with Crippen LogP contribution < -0.4 is 0 Å². The van der Waals surface area contributed by atoms with Gasteiger partial charge in [0.05, 0.1) is 4.92 Å². The Hall–Kier alpha value is -2.53. The first-order chi connectivity index (χ1) is 17.0. The van der Waals surface area contributed by atoms with Gasteiger partial charge in [0.15, 0.2) is 4.90 Å². The minimum absolute atomic E-state index is 0.00877. The van der Waals surface area contributed by atoms with Crippen molar-refractivity contribution in [2.24, 2.45) is 11.3 Å². The molecule has 2 aliphatic rings. The van der Waals surface area contributed by atoms with Crippen LogP contribution in [0.15, 0.2) is 29.2 Å². The Morgan fingerprint density at radius 1 is 1.19 bits per heavy atom. The molecule has 0 N–H and O–H groups in total. The summed E-state index contributed by atoms with van der Waals surface area (Å²) in [6.07, 6.45) is 4.42. The van der Waals surface area contributed by atoms with Gasteiger partial charge in [0, 0.05) is 19.2 Å². The minimum atomic E-state index is -4.33. The van der Waals surface area contributed by atoms with Crippen molar-refractivity contribution in [2.45, 2.75) is 96.2 Å². The molecule has 10 nitrogen and oxygen atoms in total. The lowest BCUT2D eigenvalue weighted by atomic mass is 9.71. The molecule has 0 radical (unpaired) electrons. The van der Waals surface area contributed by atoms with Crippen LogP contribution in [0, 0.1) is 21.4 Å². The van der Waals surface area contributed by atoms with Gasteiger partial charge in [-0.25, -0.2) is 13.2 Å². The van der Waals surface area contributed by atoms with E-state index in [1.165, 1.54) is 30.0 Å². The third kappa shape index (κ3) is 6.67. The van der Waals surface area contributed by atoms with Gasteiger partial charge in [-0.15, -0.1) is 0 Å². The Morgan fingerprint density at radius 2 is 1.78 bits per heavy atom. The fourth-order valence-electron chi connectivity index (χ4n) is 5.19. The topological polar surface area (TPSA) is 127 Å². The van der Waals surface area contributed by atoms with E-state index < -0.39 is 55.1 Å². The zero-order valence-electron chi connectivity index (χ0n) is 22.6. The molecule has 3 rings (SSSR count). The zero-order valence-corrected chi connectivity index (χ0v) is 23.4. The van der Waals surface area contributed by atoms with Crippen molar-refractivity contribution in [3.63, 3.8) is 0 Å². The average Bonchev–Trinajstić information content (AvgIpc) is 2.79. The Labute approximate surface area is 219 Å². The van der Waals surface area contributed by atoms with Crippen molar-refractivity contribution >= 4 is 27.6 Å². The molecule has 2 atom stereocenters. The number of ether oxygens (including phenoxy) is 1. The van der Waals surface area contributed by atoms with Crippen LogP contribution in [0.25, 0.3) is 0 Å². The Kier molecular flexibility index (Phi) is 8.38. The fraction of sp³-hybridized carbons (Fsp3) is 0.692. The summed E-state index contributed by atoms with van der Waals surface area (Å²) in [5.41, 5.74) is -1.03. The summed E-state index contributed by atoms with van der Waals surface area (Å²) in [7, 11) is -4.33. The SMILES string of the molecule is C[C@H]1C(=O)N([C@@H](CC2CCC(C)(C)CC2)C(=O)OC(C)(C)C)CCN1S(=O)(=O)c1ccccc1[N+](=O)[O-]. The van der Waals surface area contributed by atoms with Crippen LogP contribution in [0.1, 0.15) is 73.6 Å². The lowest BCUT2D eigenvalue weighted by molar-refractivity contribution is -0.387. The van der Waals surface area contributed by atoms with Crippen molar-refractivity contribution in [1.29, 1.82) is 0 Å². The first-order valence-corrected chi connectivity index (χ1v) is 14.3. The van der Waals surface area contributed by atoms with Crippen LogP contribution in [0.3, 0.4) is 0 Å². The normalized spacial score (nSPS) is 22.5. The third-order valence-electron chi connectivity index (χ3n) is 7.35. The van der Waals surface area contributed by atoms with Gasteiger partial charge in [-0.2, -0.15) is 4.31 Å². The number of benzene rings is 1. The lowest BCUT2D eigenvalue weighted by Gasteiger charge is -2.43. The number of nitro groups is 1. The molecule has 2 fully saturated rings. The number of hydrogen-bond donors (Lipinski definition) is 0. The molecule has 206 valence electrons. The van der Waals surface area contributed by atoms with Crippen molar-refractivity contribution < 1.29 is 27.7 Å². The maximum absolute atomic E-state index is 13.6. The second-order valence-electron chi connectivity index (χ2n) is 11.9. The number of nitrogens with zero attached hydrogens (tertiary/aromatic N) is 3. The molecule has 1 saturated heterocycles. The first kappa shape index (κ1) is 29.0. The number of amides is 1. The molecule has 1 aromatic rings.